The van der Waals surface area contributed by atoms with Gasteiger partial charge in [0.05, 0.1) is 19.6 Å². The predicted octanol–water partition coefficient (Wildman–Crippen LogP) is 5.56. The third-order valence-electron chi connectivity index (χ3n) is 5.72. The molecule has 3 rings (SSSR count). The standard InChI is InChI=1S/C25H29F3O6S/c1-15(2)12-19(24(29)32-4)22-16(3)7-9-21(34-35(30,31)14-25(26,27)28)23(22)18-8-10-20-17(13-18)6-5-11-33-20/h7-10,13,15,19H,5-6,11-12,14H2,1-4H3. The van der Waals surface area contributed by atoms with Crippen molar-refractivity contribution < 1.29 is 40.0 Å². The van der Waals surface area contributed by atoms with Gasteiger partial charge in [-0.15, -0.1) is 0 Å². The molecule has 192 valence electrons. The summed E-state index contributed by atoms with van der Waals surface area (Å²) in [7, 11) is -3.75. The molecule has 0 aromatic heterocycles. The number of hydrogen-bond acceptors (Lipinski definition) is 6. The Bertz CT molecular complexity index is 1190. The smallest absolute Gasteiger partial charge is 0.406 e. The number of benzene rings is 2. The highest BCUT2D eigenvalue weighted by molar-refractivity contribution is 7.87. The van der Waals surface area contributed by atoms with Crippen LogP contribution in [0, 0.1) is 12.8 Å². The van der Waals surface area contributed by atoms with Crippen molar-refractivity contribution in [2.24, 2.45) is 5.92 Å². The van der Waals surface area contributed by atoms with Crippen LogP contribution in [0.5, 0.6) is 11.5 Å². The quantitative estimate of drug-likeness (QED) is 0.339. The average molecular weight is 515 g/mol. The van der Waals surface area contributed by atoms with Crippen LogP contribution < -0.4 is 8.92 Å². The van der Waals surface area contributed by atoms with Crippen molar-refractivity contribution in [2.75, 3.05) is 19.5 Å². The third-order valence-corrected chi connectivity index (χ3v) is 6.84. The molecular weight excluding hydrogens is 485 g/mol. The van der Waals surface area contributed by atoms with Gasteiger partial charge in [0.25, 0.3) is 0 Å². The minimum absolute atomic E-state index is 0.0711. The van der Waals surface area contributed by atoms with Gasteiger partial charge >= 0.3 is 22.3 Å². The number of rotatable bonds is 8. The van der Waals surface area contributed by atoms with Crippen LogP contribution >= 0.6 is 0 Å². The van der Waals surface area contributed by atoms with Gasteiger partial charge in [-0.25, -0.2) is 0 Å². The van der Waals surface area contributed by atoms with Gasteiger partial charge in [0.15, 0.2) is 11.5 Å². The number of halogens is 3. The first-order valence-electron chi connectivity index (χ1n) is 11.3. The third kappa shape index (κ3) is 6.68. The Labute approximate surface area is 203 Å². The van der Waals surface area contributed by atoms with Gasteiger partial charge in [0.1, 0.15) is 5.75 Å². The van der Waals surface area contributed by atoms with E-state index in [2.05, 4.69) is 0 Å². The summed E-state index contributed by atoms with van der Waals surface area (Å²) >= 11 is 0. The van der Waals surface area contributed by atoms with Crippen LogP contribution in [0.3, 0.4) is 0 Å². The monoisotopic (exact) mass is 514 g/mol. The Hall–Kier alpha value is -2.75. The van der Waals surface area contributed by atoms with Gasteiger partial charge in [-0.05, 0) is 72.6 Å². The lowest BCUT2D eigenvalue weighted by Crippen LogP contribution is -2.27. The average Bonchev–Trinajstić information content (AvgIpc) is 2.75. The number of ether oxygens (including phenoxy) is 2. The molecule has 1 heterocycles. The van der Waals surface area contributed by atoms with Crippen molar-refractivity contribution in [3.8, 4) is 22.6 Å². The SMILES string of the molecule is COC(=O)C(CC(C)C)c1c(C)ccc(OS(=O)(=O)CC(F)(F)F)c1-c1ccc2c(c1)CCCO2. The molecule has 2 aromatic carbocycles. The summed E-state index contributed by atoms with van der Waals surface area (Å²) in [4.78, 5) is 12.9. The Morgan fingerprint density at radius 3 is 2.51 bits per heavy atom. The van der Waals surface area contributed by atoms with Gasteiger partial charge < -0.3 is 13.7 Å². The summed E-state index contributed by atoms with van der Waals surface area (Å²) in [5, 5.41) is 0. The molecule has 0 saturated carbocycles. The molecule has 2 aromatic rings. The minimum atomic E-state index is -5.01. The summed E-state index contributed by atoms with van der Waals surface area (Å²) in [6, 6.07) is 8.09. The fraction of sp³-hybridized carbons (Fsp3) is 0.480. The first kappa shape index (κ1) is 26.8. The number of methoxy groups -OCH3 is 1. The first-order valence-corrected chi connectivity index (χ1v) is 12.9. The molecule has 0 spiro atoms. The predicted molar refractivity (Wildman–Crippen MR) is 125 cm³/mol. The lowest BCUT2D eigenvalue weighted by atomic mass is 9.82. The Balaban J connectivity index is 2.27. The molecule has 10 heteroatoms. The van der Waals surface area contributed by atoms with Gasteiger partial charge in [0.2, 0.25) is 0 Å². The summed E-state index contributed by atoms with van der Waals surface area (Å²) in [5.74, 6) is -2.96. The highest BCUT2D eigenvalue weighted by Crippen LogP contribution is 2.44. The van der Waals surface area contributed by atoms with Crippen molar-refractivity contribution in [1.29, 1.82) is 0 Å². The van der Waals surface area contributed by atoms with Crippen LogP contribution in [-0.2, 0) is 26.1 Å². The first-order chi connectivity index (χ1) is 16.3. The largest absolute Gasteiger partial charge is 0.493 e. The van der Waals surface area contributed by atoms with Gasteiger partial charge in [-0.1, -0.05) is 26.0 Å². The summed E-state index contributed by atoms with van der Waals surface area (Å²) in [6.07, 6.45) is -3.08. The van der Waals surface area contributed by atoms with E-state index in [0.29, 0.717) is 35.5 Å². The van der Waals surface area contributed by atoms with Crippen molar-refractivity contribution in [3.05, 3.63) is 47.0 Å². The van der Waals surface area contributed by atoms with Crippen molar-refractivity contribution >= 4 is 16.1 Å². The molecule has 0 N–H and O–H groups in total. The van der Waals surface area contributed by atoms with Crippen molar-refractivity contribution in [2.45, 2.75) is 52.1 Å². The summed E-state index contributed by atoms with van der Waals surface area (Å²) < 4.78 is 79.1. The Kier molecular flexibility index (Phi) is 8.03. The van der Waals surface area contributed by atoms with E-state index in [1.807, 2.05) is 13.8 Å². The molecule has 1 unspecified atom stereocenters. The van der Waals surface area contributed by atoms with E-state index < -0.39 is 33.9 Å². The van der Waals surface area contributed by atoms with Crippen molar-refractivity contribution in [1.82, 2.24) is 0 Å². The number of carbonyl (C=O) groups is 1. The summed E-state index contributed by atoms with van der Waals surface area (Å²) in [5.41, 5.74) is 2.76. The van der Waals surface area contributed by atoms with Crippen LogP contribution in [0.15, 0.2) is 30.3 Å². The van der Waals surface area contributed by atoms with Crippen molar-refractivity contribution in [3.63, 3.8) is 0 Å². The second-order valence-corrected chi connectivity index (χ2v) is 10.6. The lowest BCUT2D eigenvalue weighted by molar-refractivity contribution is -0.142. The van der Waals surface area contributed by atoms with Gasteiger partial charge in [0, 0.05) is 5.56 Å². The molecule has 1 atom stereocenters. The zero-order valence-electron chi connectivity index (χ0n) is 20.1. The maximum atomic E-state index is 12.9. The van der Waals surface area contributed by atoms with E-state index in [4.69, 9.17) is 13.7 Å². The number of alkyl halides is 3. The van der Waals surface area contributed by atoms with Crippen LogP contribution in [0.2, 0.25) is 0 Å². The van der Waals surface area contributed by atoms with Crippen LogP contribution in [0.25, 0.3) is 11.1 Å². The van der Waals surface area contributed by atoms with E-state index >= 15 is 0 Å². The zero-order valence-corrected chi connectivity index (χ0v) is 20.9. The normalized spacial score (nSPS) is 14.7. The Morgan fingerprint density at radius 2 is 1.89 bits per heavy atom. The van der Waals surface area contributed by atoms with Crippen LogP contribution in [0.4, 0.5) is 13.2 Å². The van der Waals surface area contributed by atoms with Gasteiger partial charge in [-0.2, -0.15) is 21.6 Å². The number of carbonyl (C=O) groups excluding carboxylic acids is 1. The van der Waals surface area contributed by atoms with Crippen LogP contribution in [0.1, 0.15) is 49.3 Å². The second-order valence-electron chi connectivity index (χ2n) is 9.05. The molecule has 0 saturated heterocycles. The minimum Gasteiger partial charge on any atom is -0.493 e. The van der Waals surface area contributed by atoms with E-state index in [-0.39, 0.29) is 17.2 Å². The zero-order chi connectivity index (χ0) is 26.0. The Morgan fingerprint density at radius 1 is 1.17 bits per heavy atom. The molecule has 0 amide bonds. The molecule has 0 fully saturated rings. The van der Waals surface area contributed by atoms with E-state index in [1.165, 1.54) is 19.2 Å². The van der Waals surface area contributed by atoms with Gasteiger partial charge in [-0.3, -0.25) is 4.79 Å². The fourth-order valence-electron chi connectivity index (χ4n) is 4.35. The second kappa shape index (κ2) is 10.5. The molecular formula is C25H29F3O6S. The number of aryl methyl sites for hydroxylation is 2. The molecule has 0 bridgehead atoms. The molecule has 1 aliphatic heterocycles. The number of esters is 1. The fourth-order valence-corrected chi connectivity index (χ4v) is 5.22. The highest BCUT2D eigenvalue weighted by atomic mass is 32.2. The lowest BCUT2D eigenvalue weighted by Gasteiger charge is -2.25. The van der Waals surface area contributed by atoms with E-state index in [9.17, 15) is 26.4 Å². The number of hydrogen-bond donors (Lipinski definition) is 0. The topological polar surface area (TPSA) is 78.9 Å². The van der Waals surface area contributed by atoms with Crippen LogP contribution in [-0.4, -0.2) is 40.0 Å². The number of fused-ring (bicyclic) bond motifs is 1. The molecule has 0 radical (unpaired) electrons. The van der Waals surface area contributed by atoms with E-state index in [0.717, 1.165) is 18.4 Å². The maximum Gasteiger partial charge on any atom is 0.406 e. The summed E-state index contributed by atoms with van der Waals surface area (Å²) in [6.45, 7) is 6.18. The molecule has 6 nitrogen and oxygen atoms in total. The molecule has 0 aliphatic carbocycles. The van der Waals surface area contributed by atoms with E-state index in [1.54, 1.807) is 25.1 Å². The molecule has 1 aliphatic rings. The highest BCUT2D eigenvalue weighted by Gasteiger charge is 2.38. The molecule has 35 heavy (non-hydrogen) atoms. The maximum absolute atomic E-state index is 12.9.